The molecular weight excluding hydrogens is 252 g/mol. The molecule has 0 amide bonds. The third kappa shape index (κ3) is 1.79. The average molecular weight is 260 g/mol. The summed E-state index contributed by atoms with van der Waals surface area (Å²) in [6.45, 7) is 1.89. The largest absolute Gasteiger partial charge is 0.513 e. The van der Waals surface area contributed by atoms with Crippen molar-refractivity contribution in [1.29, 1.82) is 0 Å². The third-order valence-corrected chi connectivity index (χ3v) is 2.62. The molecule has 0 radical (unpaired) electrons. The van der Waals surface area contributed by atoms with Gasteiger partial charge in [0.2, 0.25) is 0 Å². The Labute approximate surface area is 105 Å². The number of aromatic nitrogens is 4. The van der Waals surface area contributed by atoms with E-state index in [1.165, 1.54) is 0 Å². The lowest BCUT2D eigenvalue weighted by atomic mass is 10.2. The Balaban J connectivity index is 2.38. The smallest absolute Gasteiger partial charge is 0.449 e. The molecule has 8 nitrogen and oxygen atoms in total. The number of hydrogen-bond donors (Lipinski definition) is 2. The van der Waals surface area contributed by atoms with Gasteiger partial charge >= 0.3 is 17.9 Å². The second-order valence-corrected chi connectivity index (χ2v) is 3.98. The molecule has 0 aliphatic heterocycles. The van der Waals surface area contributed by atoms with Gasteiger partial charge in [0.05, 0.1) is 5.52 Å². The number of carboxylic acid groups (broad SMARTS) is 1. The summed E-state index contributed by atoms with van der Waals surface area (Å²) in [6, 6.07) is 5.03. The third-order valence-electron chi connectivity index (χ3n) is 2.62. The second-order valence-electron chi connectivity index (χ2n) is 3.98. The zero-order chi connectivity index (χ0) is 13.6. The van der Waals surface area contributed by atoms with Gasteiger partial charge in [0, 0.05) is 5.39 Å². The van der Waals surface area contributed by atoms with E-state index in [0.29, 0.717) is 10.9 Å². The summed E-state index contributed by atoms with van der Waals surface area (Å²) in [6.07, 6.45) is -1.53. The highest BCUT2D eigenvalue weighted by molar-refractivity contribution is 5.91. The van der Waals surface area contributed by atoms with Gasteiger partial charge in [0.1, 0.15) is 0 Å². The van der Waals surface area contributed by atoms with Gasteiger partial charge in [-0.2, -0.15) is 9.50 Å². The molecule has 0 aliphatic carbocycles. The molecule has 2 heterocycles. The minimum atomic E-state index is -1.53. The number of H-pyrrole nitrogens is 1. The zero-order valence-corrected chi connectivity index (χ0v) is 9.75. The number of nitrogens with one attached hydrogen (secondary N) is 1. The minimum Gasteiger partial charge on any atom is -0.449 e. The van der Waals surface area contributed by atoms with E-state index in [0.717, 1.165) is 10.1 Å². The highest BCUT2D eigenvalue weighted by Crippen LogP contribution is 2.18. The maximum absolute atomic E-state index is 11.8. The van der Waals surface area contributed by atoms with Crippen molar-refractivity contribution in [2.24, 2.45) is 0 Å². The first-order valence-corrected chi connectivity index (χ1v) is 5.35. The predicted molar refractivity (Wildman–Crippen MR) is 64.5 cm³/mol. The summed E-state index contributed by atoms with van der Waals surface area (Å²) >= 11 is 0. The van der Waals surface area contributed by atoms with Crippen molar-refractivity contribution in [2.75, 3.05) is 0 Å². The van der Waals surface area contributed by atoms with Crippen LogP contribution < -0.4 is 10.4 Å². The number of benzene rings is 1. The molecule has 2 N–H and O–H groups in total. The fraction of sp³-hybridized carbons (Fsp3) is 0.0909. The van der Waals surface area contributed by atoms with Gasteiger partial charge in [0.25, 0.3) is 0 Å². The van der Waals surface area contributed by atoms with Crippen LogP contribution in [0, 0.1) is 6.92 Å². The van der Waals surface area contributed by atoms with Crippen LogP contribution in [-0.2, 0) is 0 Å². The highest BCUT2D eigenvalue weighted by atomic mass is 16.7. The molecule has 0 saturated carbocycles. The van der Waals surface area contributed by atoms with Gasteiger partial charge in [0.15, 0.2) is 5.65 Å². The number of fused-ring (bicyclic) bond motifs is 3. The summed E-state index contributed by atoms with van der Waals surface area (Å²) in [5.41, 5.74) is 1.31. The number of aromatic amines is 1. The summed E-state index contributed by atoms with van der Waals surface area (Å²) in [4.78, 5) is 28.8. The van der Waals surface area contributed by atoms with E-state index in [1.54, 1.807) is 6.07 Å². The highest BCUT2D eigenvalue weighted by Gasteiger charge is 2.13. The lowest BCUT2D eigenvalue weighted by molar-refractivity contribution is 0.140. The summed E-state index contributed by atoms with van der Waals surface area (Å²) in [5.74, 6) is 0. The van der Waals surface area contributed by atoms with E-state index in [4.69, 9.17) is 5.11 Å². The van der Waals surface area contributed by atoms with E-state index in [-0.39, 0.29) is 11.7 Å². The number of ether oxygens (including phenoxy) is 1. The van der Waals surface area contributed by atoms with Crippen molar-refractivity contribution >= 4 is 22.7 Å². The number of nitrogens with zero attached hydrogens (tertiary/aromatic N) is 3. The van der Waals surface area contributed by atoms with Crippen molar-refractivity contribution in [3.8, 4) is 6.01 Å². The van der Waals surface area contributed by atoms with Gasteiger partial charge in [-0.3, -0.25) is 0 Å². The van der Waals surface area contributed by atoms with Crippen LogP contribution in [-0.4, -0.2) is 30.8 Å². The number of hydrogen-bond acceptors (Lipinski definition) is 5. The monoisotopic (exact) mass is 260 g/mol. The molecule has 96 valence electrons. The van der Waals surface area contributed by atoms with Crippen LogP contribution in [0.3, 0.4) is 0 Å². The van der Waals surface area contributed by atoms with Crippen LogP contribution in [0.1, 0.15) is 5.56 Å². The van der Waals surface area contributed by atoms with Crippen LogP contribution >= 0.6 is 0 Å². The van der Waals surface area contributed by atoms with Crippen LogP contribution in [0.5, 0.6) is 6.01 Å². The van der Waals surface area contributed by atoms with E-state index < -0.39 is 11.8 Å². The molecule has 0 spiro atoms. The molecule has 1 aromatic carbocycles. The number of carbonyl (C=O) groups is 1. The van der Waals surface area contributed by atoms with Crippen molar-refractivity contribution < 1.29 is 14.6 Å². The van der Waals surface area contributed by atoms with Crippen molar-refractivity contribution in [1.82, 2.24) is 19.6 Å². The van der Waals surface area contributed by atoms with E-state index in [2.05, 4.69) is 19.8 Å². The van der Waals surface area contributed by atoms with Crippen LogP contribution in [0.4, 0.5) is 4.79 Å². The Bertz CT molecular complexity index is 864. The Morgan fingerprint density at radius 3 is 3.00 bits per heavy atom. The summed E-state index contributed by atoms with van der Waals surface area (Å²) in [7, 11) is 0. The minimum absolute atomic E-state index is 0.249. The van der Waals surface area contributed by atoms with Crippen molar-refractivity contribution in [3.05, 3.63) is 34.2 Å². The molecule has 0 atom stereocenters. The second kappa shape index (κ2) is 3.80. The summed E-state index contributed by atoms with van der Waals surface area (Å²) < 4.78 is 5.33. The topological polar surface area (TPSA) is 110 Å². The fourth-order valence-corrected chi connectivity index (χ4v) is 1.85. The van der Waals surface area contributed by atoms with E-state index in [9.17, 15) is 9.59 Å². The standard InChI is InChI=1S/C11H8N4O4/c1-5-2-3-7-6(4-5)8-13-9(19-11(17)18)14-15(8)10(16)12-7/h2-4H,1H3,(H,12,16)(H,17,18). The molecule has 0 saturated heterocycles. The molecule has 19 heavy (non-hydrogen) atoms. The first-order chi connectivity index (χ1) is 9.04. The quantitative estimate of drug-likeness (QED) is 0.630. The molecule has 0 aliphatic rings. The maximum atomic E-state index is 11.8. The molecule has 2 aromatic heterocycles. The van der Waals surface area contributed by atoms with Gasteiger partial charge < -0.3 is 14.8 Å². The molecule has 3 rings (SSSR count). The normalized spacial score (nSPS) is 11.0. The van der Waals surface area contributed by atoms with Crippen LogP contribution in [0.15, 0.2) is 23.0 Å². The van der Waals surface area contributed by atoms with Crippen molar-refractivity contribution in [3.63, 3.8) is 0 Å². The number of aryl methyl sites for hydroxylation is 1. The lowest BCUT2D eigenvalue weighted by Crippen LogP contribution is -2.17. The van der Waals surface area contributed by atoms with E-state index in [1.807, 2.05) is 19.1 Å². The van der Waals surface area contributed by atoms with Gasteiger partial charge in [-0.05, 0) is 19.1 Å². The average Bonchev–Trinajstić information content (AvgIpc) is 2.74. The predicted octanol–water partition coefficient (Wildman–Crippen LogP) is 0.936. The Morgan fingerprint density at radius 1 is 1.47 bits per heavy atom. The molecule has 3 aromatic rings. The van der Waals surface area contributed by atoms with Gasteiger partial charge in [-0.25, -0.2) is 9.59 Å². The van der Waals surface area contributed by atoms with Crippen LogP contribution in [0.2, 0.25) is 0 Å². The summed E-state index contributed by atoms with van der Waals surface area (Å²) in [5, 5.41) is 12.9. The Morgan fingerprint density at radius 2 is 2.26 bits per heavy atom. The maximum Gasteiger partial charge on any atom is 0.513 e. The SMILES string of the molecule is Cc1ccc2[nH]c(=O)n3nc(OC(=O)O)nc3c2c1. The number of rotatable bonds is 1. The molecule has 8 heteroatoms. The molecule has 0 bridgehead atoms. The van der Waals surface area contributed by atoms with Crippen molar-refractivity contribution in [2.45, 2.75) is 6.92 Å². The molecule has 0 unspecified atom stereocenters. The Hall–Kier alpha value is -2.90. The van der Waals surface area contributed by atoms with Gasteiger partial charge in [-0.1, -0.05) is 11.6 Å². The first-order valence-electron chi connectivity index (χ1n) is 5.35. The fourth-order valence-electron chi connectivity index (χ4n) is 1.85. The molecule has 0 fully saturated rings. The van der Waals surface area contributed by atoms with E-state index >= 15 is 0 Å². The first kappa shape index (κ1) is 11.2. The van der Waals surface area contributed by atoms with Gasteiger partial charge in [-0.15, -0.1) is 5.10 Å². The lowest BCUT2D eigenvalue weighted by Gasteiger charge is -1.99. The zero-order valence-electron chi connectivity index (χ0n) is 9.75. The molecular formula is C11H8N4O4. The Kier molecular flexibility index (Phi) is 2.24. The van der Waals surface area contributed by atoms with Crippen LogP contribution in [0.25, 0.3) is 16.6 Å².